The van der Waals surface area contributed by atoms with Gasteiger partial charge in [-0.1, -0.05) is 6.92 Å². The topological polar surface area (TPSA) is 124 Å². The van der Waals surface area contributed by atoms with E-state index in [9.17, 15) is 22.3 Å². The number of sulfone groups is 1. The highest BCUT2D eigenvalue weighted by Gasteiger charge is 2.39. The molecule has 210 valence electrons. The minimum atomic E-state index is -3.06. The van der Waals surface area contributed by atoms with Crippen molar-refractivity contribution in [3.8, 4) is 0 Å². The second kappa shape index (κ2) is 10.4. The summed E-state index contributed by atoms with van der Waals surface area (Å²) in [5.74, 6) is 1.77. The van der Waals surface area contributed by atoms with Crippen molar-refractivity contribution in [3.05, 3.63) is 36.3 Å². The molecule has 2 fully saturated rings. The normalized spacial score (nSPS) is 23.1. The number of hydrogen-bond donors (Lipinski definition) is 2. The molecule has 0 aliphatic carbocycles. The van der Waals surface area contributed by atoms with Gasteiger partial charge in [0.1, 0.15) is 27.3 Å². The quantitative estimate of drug-likeness (QED) is 0.424. The van der Waals surface area contributed by atoms with Crippen LogP contribution >= 0.6 is 0 Å². The Balaban J connectivity index is 1.41. The van der Waals surface area contributed by atoms with E-state index in [1.165, 1.54) is 13.2 Å². The molecule has 10 nitrogen and oxygen atoms in total. The molecule has 5 heterocycles. The third-order valence-corrected chi connectivity index (χ3v) is 8.47. The zero-order chi connectivity index (χ0) is 27.9. The lowest BCUT2D eigenvalue weighted by Crippen LogP contribution is -2.52. The van der Waals surface area contributed by atoms with Crippen molar-refractivity contribution < 1.29 is 22.3 Å². The van der Waals surface area contributed by atoms with Gasteiger partial charge in [0.25, 0.3) is 0 Å². The van der Waals surface area contributed by atoms with Gasteiger partial charge in [-0.2, -0.15) is 4.98 Å². The first-order valence-corrected chi connectivity index (χ1v) is 15.0. The van der Waals surface area contributed by atoms with Crippen LogP contribution in [0.2, 0.25) is 0 Å². The largest absolute Gasteiger partial charge is 0.390 e. The van der Waals surface area contributed by atoms with Gasteiger partial charge in [0.05, 0.1) is 25.1 Å². The first-order chi connectivity index (χ1) is 18.4. The third kappa shape index (κ3) is 5.88. The van der Waals surface area contributed by atoms with Crippen molar-refractivity contribution in [3.63, 3.8) is 0 Å². The van der Waals surface area contributed by atoms with E-state index in [0.29, 0.717) is 43.0 Å². The van der Waals surface area contributed by atoms with Crippen LogP contribution in [0.1, 0.15) is 31.7 Å². The molecule has 2 aliphatic rings. The van der Waals surface area contributed by atoms with E-state index in [4.69, 9.17) is 0 Å². The van der Waals surface area contributed by atoms with Gasteiger partial charge in [-0.05, 0) is 36.4 Å². The second-order valence-corrected chi connectivity index (χ2v) is 13.1. The number of nitrogens with zero attached hydrogens (tertiary/aromatic N) is 6. The lowest BCUT2D eigenvalue weighted by atomic mass is 9.94. The van der Waals surface area contributed by atoms with Gasteiger partial charge in [0.2, 0.25) is 5.95 Å². The van der Waals surface area contributed by atoms with E-state index in [0.717, 1.165) is 16.3 Å². The summed E-state index contributed by atoms with van der Waals surface area (Å²) >= 11 is 0. The molecule has 13 heteroatoms. The third-order valence-electron chi connectivity index (χ3n) is 7.39. The van der Waals surface area contributed by atoms with Gasteiger partial charge in [0, 0.05) is 61.7 Å². The second-order valence-electron chi connectivity index (χ2n) is 10.9. The SMILES string of the molecule is CC(CF)c1cnc(N2CC(CS(C)(=O)=O)C2)c2cnc(Nc3ccnc(N4CC[C@@H](O)[C@@](C)(F)C4)n3)cc12. The Morgan fingerprint density at radius 2 is 1.95 bits per heavy atom. The Labute approximate surface area is 226 Å². The number of aliphatic hydroxyl groups excluding tert-OH is 1. The number of alkyl halides is 2. The van der Waals surface area contributed by atoms with E-state index in [-0.39, 0.29) is 30.6 Å². The molecular formula is C26H33F2N7O3S. The summed E-state index contributed by atoms with van der Waals surface area (Å²) < 4.78 is 51.7. The number of piperidine rings is 1. The van der Waals surface area contributed by atoms with E-state index >= 15 is 0 Å². The molecule has 0 radical (unpaired) electrons. The summed E-state index contributed by atoms with van der Waals surface area (Å²) in [7, 11) is -3.06. The maximum atomic E-state index is 14.7. The molecule has 0 amide bonds. The highest BCUT2D eigenvalue weighted by atomic mass is 32.2. The number of aromatic nitrogens is 4. The van der Waals surface area contributed by atoms with Gasteiger partial charge in [0.15, 0.2) is 5.67 Å². The highest BCUT2D eigenvalue weighted by Crippen LogP contribution is 2.36. The number of halogens is 2. The van der Waals surface area contributed by atoms with E-state index in [1.807, 2.05) is 11.0 Å². The summed E-state index contributed by atoms with van der Waals surface area (Å²) in [4.78, 5) is 21.7. The molecule has 5 rings (SSSR count). The Kier molecular flexibility index (Phi) is 7.31. The van der Waals surface area contributed by atoms with Crippen molar-refractivity contribution in [1.29, 1.82) is 0 Å². The first-order valence-electron chi connectivity index (χ1n) is 12.9. The maximum absolute atomic E-state index is 14.7. The van der Waals surface area contributed by atoms with Gasteiger partial charge in [-0.25, -0.2) is 27.8 Å². The van der Waals surface area contributed by atoms with Gasteiger partial charge >= 0.3 is 0 Å². The van der Waals surface area contributed by atoms with Crippen molar-refractivity contribution in [2.45, 2.75) is 38.0 Å². The first kappa shape index (κ1) is 27.4. The molecule has 39 heavy (non-hydrogen) atoms. The highest BCUT2D eigenvalue weighted by molar-refractivity contribution is 7.90. The van der Waals surface area contributed by atoms with Crippen LogP contribution in [0.4, 0.5) is 32.2 Å². The van der Waals surface area contributed by atoms with Gasteiger partial charge in [-0.15, -0.1) is 0 Å². The average molecular weight is 562 g/mol. The average Bonchev–Trinajstić information content (AvgIpc) is 2.86. The molecule has 1 unspecified atom stereocenters. The monoisotopic (exact) mass is 561 g/mol. The lowest BCUT2D eigenvalue weighted by Gasteiger charge is -2.40. The Bertz CT molecular complexity index is 1470. The fourth-order valence-corrected chi connectivity index (χ4v) is 6.29. The van der Waals surface area contributed by atoms with Crippen LogP contribution in [-0.4, -0.2) is 90.1 Å². The molecule has 0 aromatic carbocycles. The van der Waals surface area contributed by atoms with Crippen LogP contribution in [0, 0.1) is 5.92 Å². The lowest BCUT2D eigenvalue weighted by molar-refractivity contribution is -0.00860. The van der Waals surface area contributed by atoms with E-state index in [2.05, 4.69) is 25.3 Å². The van der Waals surface area contributed by atoms with Crippen LogP contribution in [0.3, 0.4) is 0 Å². The molecule has 2 N–H and O–H groups in total. The number of aliphatic hydroxyl groups is 1. The fraction of sp³-hybridized carbons (Fsp3) is 0.538. The maximum Gasteiger partial charge on any atom is 0.227 e. The van der Waals surface area contributed by atoms with Crippen LogP contribution in [-0.2, 0) is 9.84 Å². The fourth-order valence-electron chi connectivity index (χ4n) is 5.22. The molecule has 3 atom stereocenters. The van der Waals surface area contributed by atoms with E-state index < -0.39 is 28.3 Å². The molecule has 2 aliphatic heterocycles. The van der Waals surface area contributed by atoms with E-state index in [1.54, 1.807) is 36.5 Å². The molecule has 0 bridgehead atoms. The summed E-state index contributed by atoms with van der Waals surface area (Å²) in [6.07, 6.45) is 5.42. The minimum Gasteiger partial charge on any atom is -0.390 e. The number of fused-ring (bicyclic) bond motifs is 1. The summed E-state index contributed by atoms with van der Waals surface area (Å²) in [6.45, 7) is 4.17. The Morgan fingerprint density at radius 3 is 2.64 bits per heavy atom. The Hall–Kier alpha value is -3.19. The van der Waals surface area contributed by atoms with Gasteiger partial charge in [-0.3, -0.25) is 4.39 Å². The summed E-state index contributed by atoms with van der Waals surface area (Å²) in [6, 6.07) is 3.50. The predicted octanol–water partition coefficient (Wildman–Crippen LogP) is 3.02. The number of rotatable bonds is 8. The van der Waals surface area contributed by atoms with Crippen molar-refractivity contribution >= 4 is 44.0 Å². The Morgan fingerprint density at radius 1 is 1.18 bits per heavy atom. The van der Waals surface area contributed by atoms with Crippen LogP contribution in [0.5, 0.6) is 0 Å². The number of pyridine rings is 2. The molecule has 0 spiro atoms. The number of hydrogen-bond acceptors (Lipinski definition) is 10. The van der Waals surface area contributed by atoms with Gasteiger partial charge < -0.3 is 20.2 Å². The molecule has 3 aromatic rings. The molecular weight excluding hydrogens is 528 g/mol. The van der Waals surface area contributed by atoms with Crippen molar-refractivity contribution in [2.24, 2.45) is 5.92 Å². The predicted molar refractivity (Wildman–Crippen MR) is 147 cm³/mol. The zero-order valence-electron chi connectivity index (χ0n) is 22.2. The van der Waals surface area contributed by atoms with Crippen molar-refractivity contribution in [2.75, 3.05) is 60.0 Å². The summed E-state index contributed by atoms with van der Waals surface area (Å²) in [5, 5.41) is 14.7. The molecule has 2 saturated heterocycles. The van der Waals surface area contributed by atoms with Crippen LogP contribution in [0.15, 0.2) is 30.7 Å². The smallest absolute Gasteiger partial charge is 0.227 e. The standard InChI is InChI=1S/C26H33F2N7O3S/c1-16(9-27)19-10-31-24(35-12-17(13-35)14-39(3,37)38)20-11-30-23(8-18(19)20)32-22-4-6-29-25(33-22)34-7-5-21(36)26(2,28)15-34/h4,6,8,10-11,16-17,21,36H,5,7,9,12-15H2,1-3H3,(H,29,30,32,33)/t16?,21-,26+/m1/s1. The minimum absolute atomic E-state index is 0.0202. The van der Waals surface area contributed by atoms with Crippen molar-refractivity contribution in [1.82, 2.24) is 19.9 Å². The van der Waals surface area contributed by atoms with Crippen LogP contribution in [0.25, 0.3) is 10.8 Å². The molecule has 3 aromatic heterocycles. The number of nitrogens with one attached hydrogen (secondary N) is 1. The van der Waals surface area contributed by atoms with Crippen LogP contribution < -0.4 is 15.1 Å². The molecule has 0 saturated carbocycles. The number of anilines is 4. The zero-order valence-corrected chi connectivity index (χ0v) is 23.0. The summed E-state index contributed by atoms with van der Waals surface area (Å²) in [5.41, 5.74) is -1.02.